The molecule has 0 spiro atoms. The number of aromatic hydroxyl groups is 1. The van der Waals surface area contributed by atoms with Crippen LogP contribution in [-0.4, -0.2) is 20.1 Å². The van der Waals surface area contributed by atoms with Gasteiger partial charge >= 0.3 is 0 Å². The minimum atomic E-state index is -0.310. The summed E-state index contributed by atoms with van der Waals surface area (Å²) in [5.74, 6) is 0.0954. The Morgan fingerprint density at radius 2 is 2.05 bits per heavy atom. The summed E-state index contributed by atoms with van der Waals surface area (Å²) in [6.07, 6.45) is 0.443. The van der Waals surface area contributed by atoms with Crippen LogP contribution >= 0.6 is 11.3 Å². The Hall–Kier alpha value is -1.69. The van der Waals surface area contributed by atoms with E-state index in [-0.39, 0.29) is 16.9 Å². The maximum absolute atomic E-state index is 11.8. The van der Waals surface area contributed by atoms with Crippen LogP contribution in [0.2, 0.25) is 0 Å². The topological polar surface area (TPSA) is 78.9 Å². The minimum absolute atomic E-state index is 0.0470. The smallest absolute Gasteiger partial charge is 0.258 e. The molecule has 2 N–H and O–H groups in total. The van der Waals surface area contributed by atoms with Crippen LogP contribution in [0.4, 0.5) is 0 Å². The van der Waals surface area contributed by atoms with Crippen LogP contribution in [0.15, 0.2) is 10.2 Å². The van der Waals surface area contributed by atoms with Crippen molar-refractivity contribution < 1.29 is 5.11 Å². The summed E-state index contributed by atoms with van der Waals surface area (Å²) in [6, 6.07) is 0. The molecule has 2 aromatic heterocycles. The van der Waals surface area contributed by atoms with Crippen LogP contribution in [0.1, 0.15) is 38.3 Å². The molecule has 0 unspecified atom stereocenters. The maximum Gasteiger partial charge on any atom is 0.258 e. The Balaban J connectivity index is 2.49. The van der Waals surface area contributed by atoms with E-state index in [1.54, 1.807) is 6.92 Å². The zero-order valence-corrected chi connectivity index (χ0v) is 12.3. The number of aromatic amines is 1. The number of hydrogen-bond acceptors (Lipinski definition) is 5. The van der Waals surface area contributed by atoms with Crippen molar-refractivity contribution in [2.24, 2.45) is 0 Å². The Labute approximate surface area is 115 Å². The molecule has 2 rings (SSSR count). The van der Waals surface area contributed by atoms with E-state index in [1.165, 1.54) is 11.3 Å². The van der Waals surface area contributed by atoms with Crippen molar-refractivity contribution in [1.29, 1.82) is 0 Å². The molecule has 0 radical (unpaired) electrons. The van der Waals surface area contributed by atoms with Gasteiger partial charge < -0.3 is 10.1 Å². The third kappa shape index (κ3) is 2.68. The van der Waals surface area contributed by atoms with Gasteiger partial charge in [0.1, 0.15) is 5.69 Å². The Morgan fingerprint density at radius 3 is 2.53 bits per heavy atom. The van der Waals surface area contributed by atoms with E-state index in [9.17, 15) is 9.90 Å². The summed E-state index contributed by atoms with van der Waals surface area (Å²) in [6.45, 7) is 8.02. The lowest BCUT2D eigenvalue weighted by molar-refractivity contribution is 0.444. The molecule has 0 aromatic carbocycles. The summed E-state index contributed by atoms with van der Waals surface area (Å²) >= 11 is 1.52. The second-order valence-corrected chi connectivity index (χ2v) is 6.22. The van der Waals surface area contributed by atoms with Crippen LogP contribution in [0.3, 0.4) is 0 Å². The summed E-state index contributed by atoms with van der Waals surface area (Å²) in [5.41, 5.74) is 0.532. The highest BCUT2D eigenvalue weighted by molar-refractivity contribution is 7.10. The van der Waals surface area contributed by atoms with Crippen molar-refractivity contribution in [2.75, 3.05) is 0 Å². The quantitative estimate of drug-likeness (QED) is 0.885. The van der Waals surface area contributed by atoms with Crippen molar-refractivity contribution in [3.63, 3.8) is 0 Å². The molecular formula is C13H17N3O2S. The first-order chi connectivity index (χ1) is 8.82. The summed E-state index contributed by atoms with van der Waals surface area (Å²) in [7, 11) is 0. The van der Waals surface area contributed by atoms with Gasteiger partial charge in [-0.25, -0.2) is 4.98 Å². The van der Waals surface area contributed by atoms with E-state index >= 15 is 0 Å². The zero-order chi connectivity index (χ0) is 14.2. The van der Waals surface area contributed by atoms with Gasteiger partial charge in [-0.05, 0) is 6.42 Å². The van der Waals surface area contributed by atoms with Crippen LogP contribution in [0, 0.1) is 0 Å². The van der Waals surface area contributed by atoms with E-state index in [0.29, 0.717) is 23.5 Å². The van der Waals surface area contributed by atoms with Gasteiger partial charge in [0.2, 0.25) is 5.88 Å². The number of thiazole rings is 1. The lowest BCUT2D eigenvalue weighted by Gasteiger charge is -2.13. The average Bonchev–Trinajstić information content (AvgIpc) is 2.77. The van der Waals surface area contributed by atoms with Gasteiger partial charge in [0, 0.05) is 10.8 Å². The van der Waals surface area contributed by atoms with Gasteiger partial charge in [-0.2, -0.15) is 4.98 Å². The minimum Gasteiger partial charge on any atom is -0.493 e. The summed E-state index contributed by atoms with van der Waals surface area (Å²) in [4.78, 5) is 22.9. The maximum atomic E-state index is 11.8. The molecule has 0 aliphatic heterocycles. The van der Waals surface area contributed by atoms with E-state index < -0.39 is 0 Å². The number of aromatic nitrogens is 3. The van der Waals surface area contributed by atoms with Crippen LogP contribution in [0.25, 0.3) is 11.5 Å². The van der Waals surface area contributed by atoms with Crippen LogP contribution in [-0.2, 0) is 11.8 Å². The fraction of sp³-hybridized carbons (Fsp3) is 0.462. The number of nitrogens with one attached hydrogen (secondary N) is 1. The fourth-order valence-electron chi connectivity index (χ4n) is 1.65. The molecule has 102 valence electrons. The van der Waals surface area contributed by atoms with E-state index in [0.717, 1.165) is 5.01 Å². The largest absolute Gasteiger partial charge is 0.493 e. The first kappa shape index (κ1) is 13.7. The van der Waals surface area contributed by atoms with Crippen molar-refractivity contribution >= 4 is 11.3 Å². The number of rotatable bonds is 2. The molecule has 2 heterocycles. The number of H-pyrrole nitrogens is 1. The highest BCUT2D eigenvalue weighted by atomic mass is 32.1. The number of hydrogen-bond donors (Lipinski definition) is 2. The third-order valence-electron chi connectivity index (χ3n) is 2.74. The summed E-state index contributed by atoms with van der Waals surface area (Å²) in [5, 5.41) is 12.5. The first-order valence-corrected chi connectivity index (χ1v) is 6.99. The molecule has 19 heavy (non-hydrogen) atoms. The molecule has 0 aliphatic rings. The lowest BCUT2D eigenvalue weighted by atomic mass is 9.98. The van der Waals surface area contributed by atoms with Crippen molar-refractivity contribution in [3.05, 3.63) is 26.3 Å². The van der Waals surface area contributed by atoms with Gasteiger partial charge in [0.25, 0.3) is 5.56 Å². The van der Waals surface area contributed by atoms with Gasteiger partial charge in [-0.15, -0.1) is 11.3 Å². The van der Waals surface area contributed by atoms with Gasteiger partial charge in [0.05, 0.1) is 10.6 Å². The Bertz CT molecular complexity index is 653. The average molecular weight is 279 g/mol. The molecule has 0 amide bonds. The Morgan fingerprint density at radius 1 is 1.37 bits per heavy atom. The molecule has 0 aliphatic carbocycles. The third-order valence-corrected chi connectivity index (χ3v) is 4.00. The number of nitrogens with zero attached hydrogens (tertiary/aromatic N) is 2. The molecular weight excluding hydrogens is 262 g/mol. The first-order valence-electron chi connectivity index (χ1n) is 6.11. The fourth-order valence-corrected chi connectivity index (χ4v) is 2.55. The highest BCUT2D eigenvalue weighted by Crippen LogP contribution is 2.28. The SMILES string of the molecule is CCc1c(O)nc(-c2csc(C(C)(C)C)n2)[nH]c1=O. The van der Waals surface area contributed by atoms with Crippen molar-refractivity contribution in [3.8, 4) is 17.4 Å². The highest BCUT2D eigenvalue weighted by Gasteiger charge is 2.20. The van der Waals surface area contributed by atoms with Gasteiger partial charge in [-0.1, -0.05) is 27.7 Å². The molecule has 6 heteroatoms. The molecule has 0 atom stereocenters. The lowest BCUT2D eigenvalue weighted by Crippen LogP contribution is -2.15. The molecule has 0 fully saturated rings. The molecule has 0 saturated carbocycles. The van der Waals surface area contributed by atoms with Gasteiger partial charge in [-0.3, -0.25) is 4.79 Å². The van der Waals surface area contributed by atoms with E-state index in [1.807, 2.05) is 5.38 Å². The van der Waals surface area contributed by atoms with E-state index in [2.05, 4.69) is 35.7 Å². The second kappa shape index (κ2) is 4.77. The summed E-state index contributed by atoms with van der Waals surface area (Å²) < 4.78 is 0. The Kier molecular flexibility index (Phi) is 3.45. The predicted molar refractivity (Wildman–Crippen MR) is 75.7 cm³/mol. The predicted octanol–water partition coefficient (Wildman–Crippen LogP) is 2.46. The van der Waals surface area contributed by atoms with Gasteiger partial charge in [0.15, 0.2) is 5.82 Å². The molecule has 5 nitrogen and oxygen atoms in total. The normalized spacial score (nSPS) is 11.8. The monoisotopic (exact) mass is 279 g/mol. The van der Waals surface area contributed by atoms with Crippen LogP contribution in [0.5, 0.6) is 5.88 Å². The second-order valence-electron chi connectivity index (χ2n) is 5.36. The van der Waals surface area contributed by atoms with Crippen LogP contribution < -0.4 is 5.56 Å². The van der Waals surface area contributed by atoms with Crippen molar-refractivity contribution in [2.45, 2.75) is 39.5 Å². The standard InChI is InChI=1S/C13H17N3O2S/c1-5-7-10(17)15-9(16-11(7)18)8-6-19-12(14-8)13(2,3)4/h6H,5H2,1-4H3,(H2,15,16,17,18). The van der Waals surface area contributed by atoms with E-state index in [4.69, 9.17) is 0 Å². The molecule has 2 aromatic rings. The molecule has 0 bridgehead atoms. The zero-order valence-electron chi connectivity index (χ0n) is 11.4. The van der Waals surface area contributed by atoms with Crippen molar-refractivity contribution in [1.82, 2.24) is 15.0 Å². The molecule has 0 saturated heterocycles.